The number of hydrogen-bond acceptors (Lipinski definition) is 8. The maximum atomic E-state index is 14.5. The number of rotatable bonds is 7. The minimum Gasteiger partial charge on any atom is -0.454 e. The van der Waals surface area contributed by atoms with Crippen LogP contribution in [0.2, 0.25) is 0 Å². The molecule has 41 heavy (non-hydrogen) atoms. The molecule has 1 aliphatic rings. The molecule has 0 radical (unpaired) electrons. The van der Waals surface area contributed by atoms with Crippen LogP contribution in [0.25, 0.3) is 15.2 Å². The molecule has 4 aromatic rings. The van der Waals surface area contributed by atoms with Gasteiger partial charge in [0, 0.05) is 30.6 Å². The molecule has 11 nitrogen and oxygen atoms in total. The van der Waals surface area contributed by atoms with Gasteiger partial charge in [-0.25, -0.2) is 18.9 Å². The molecule has 13 heteroatoms. The van der Waals surface area contributed by atoms with Crippen LogP contribution in [0.15, 0.2) is 88.1 Å². The van der Waals surface area contributed by atoms with Crippen LogP contribution >= 0.6 is 11.3 Å². The molecule has 0 unspecified atom stereocenters. The second kappa shape index (κ2) is 10.8. The predicted octanol–water partition coefficient (Wildman–Crippen LogP) is 3.18. The number of amides is 1. The van der Waals surface area contributed by atoms with Gasteiger partial charge in [0.15, 0.2) is 17.3 Å². The number of halogens is 1. The van der Waals surface area contributed by atoms with Crippen molar-refractivity contribution in [3.05, 3.63) is 116 Å². The standard InChI is InChI=1S/C28H24FN5O6S/c1-5-9-21-23(40-15-39-21)16(2)20(35)14-32-27-22(17(3)26(41-27)33-13-8-12-30-33)25(37)34(28(32)38)31(4)24(36)18-10-6-7-11-19(18)29/h5-13H,1,14-15H2,2-4H3/b21-9+,23-16-. The third kappa shape index (κ3) is 4.69. The average molecular weight is 578 g/mol. The Labute approximate surface area is 236 Å². The first-order valence-corrected chi connectivity index (χ1v) is 13.1. The Balaban J connectivity index is 1.72. The zero-order valence-electron chi connectivity index (χ0n) is 22.3. The summed E-state index contributed by atoms with van der Waals surface area (Å²) in [4.78, 5) is 54.6. The lowest BCUT2D eigenvalue weighted by Crippen LogP contribution is -2.53. The van der Waals surface area contributed by atoms with Crippen molar-refractivity contribution in [3.8, 4) is 5.00 Å². The molecule has 1 saturated heterocycles. The van der Waals surface area contributed by atoms with Gasteiger partial charge in [0.05, 0.1) is 17.5 Å². The van der Waals surface area contributed by atoms with Crippen LogP contribution in [-0.4, -0.2) is 44.6 Å². The third-order valence-electron chi connectivity index (χ3n) is 6.55. The molecule has 0 saturated carbocycles. The summed E-state index contributed by atoms with van der Waals surface area (Å²) in [7, 11) is 1.19. The summed E-state index contributed by atoms with van der Waals surface area (Å²) >= 11 is 1.10. The summed E-state index contributed by atoms with van der Waals surface area (Å²) in [5, 5.41) is 5.63. The number of fused-ring (bicyclic) bond motifs is 1. The van der Waals surface area contributed by atoms with E-state index < -0.39 is 35.3 Å². The van der Waals surface area contributed by atoms with Gasteiger partial charge in [-0.3, -0.25) is 19.0 Å². The molecule has 1 aromatic carbocycles. The molecule has 5 rings (SSSR count). The molecule has 0 spiro atoms. The normalized spacial score (nSPS) is 15.1. The largest absolute Gasteiger partial charge is 0.454 e. The third-order valence-corrected chi connectivity index (χ3v) is 7.85. The number of ketones is 1. The number of hydrogen-bond donors (Lipinski definition) is 0. The fourth-order valence-corrected chi connectivity index (χ4v) is 5.67. The van der Waals surface area contributed by atoms with Gasteiger partial charge in [-0.05, 0) is 38.1 Å². The summed E-state index contributed by atoms with van der Waals surface area (Å²) in [6, 6.07) is 6.93. The first-order valence-electron chi connectivity index (χ1n) is 12.3. The van der Waals surface area contributed by atoms with Crippen molar-refractivity contribution in [1.29, 1.82) is 0 Å². The van der Waals surface area contributed by atoms with Crippen molar-refractivity contribution >= 4 is 33.2 Å². The molecule has 1 fully saturated rings. The van der Waals surface area contributed by atoms with Crippen molar-refractivity contribution in [1.82, 2.24) is 19.0 Å². The van der Waals surface area contributed by atoms with Gasteiger partial charge >= 0.3 is 5.69 Å². The second-order valence-electron chi connectivity index (χ2n) is 9.01. The molecule has 0 atom stereocenters. The van der Waals surface area contributed by atoms with Crippen LogP contribution in [0, 0.1) is 12.7 Å². The van der Waals surface area contributed by atoms with Crippen LogP contribution in [0.1, 0.15) is 22.8 Å². The number of carbonyl (C=O) groups is 2. The van der Waals surface area contributed by atoms with Gasteiger partial charge < -0.3 is 9.47 Å². The van der Waals surface area contributed by atoms with Crippen molar-refractivity contribution in [2.75, 3.05) is 18.8 Å². The van der Waals surface area contributed by atoms with Crippen LogP contribution in [0.3, 0.4) is 0 Å². The minimum absolute atomic E-state index is 0.0883. The Morgan fingerprint density at radius 2 is 1.98 bits per heavy atom. The fraction of sp³-hybridized carbons (Fsp3) is 0.179. The number of benzene rings is 1. The van der Waals surface area contributed by atoms with Gasteiger partial charge in [-0.2, -0.15) is 9.77 Å². The highest BCUT2D eigenvalue weighted by Gasteiger charge is 2.28. The highest BCUT2D eigenvalue weighted by molar-refractivity contribution is 7.21. The Bertz CT molecular complexity index is 1900. The number of Topliss-reactive ketones (excluding diaryl/α,β-unsaturated/α-hetero) is 1. The molecule has 3 aromatic heterocycles. The maximum absolute atomic E-state index is 14.5. The van der Waals surface area contributed by atoms with Gasteiger partial charge in [-0.15, -0.1) is 0 Å². The number of aromatic nitrogens is 4. The number of carbonyl (C=O) groups excluding carboxylic acids is 2. The molecule has 4 heterocycles. The Kier molecular flexibility index (Phi) is 7.28. The smallest absolute Gasteiger partial charge is 0.352 e. The van der Waals surface area contributed by atoms with E-state index in [1.807, 2.05) is 0 Å². The van der Waals surface area contributed by atoms with E-state index in [1.165, 1.54) is 42.9 Å². The predicted molar refractivity (Wildman–Crippen MR) is 150 cm³/mol. The van der Waals surface area contributed by atoms with Crippen molar-refractivity contribution in [2.24, 2.45) is 0 Å². The Morgan fingerprint density at radius 1 is 1.22 bits per heavy atom. The average Bonchev–Trinajstić information content (AvgIpc) is 3.71. The van der Waals surface area contributed by atoms with Crippen LogP contribution in [-0.2, 0) is 20.8 Å². The van der Waals surface area contributed by atoms with Crippen LogP contribution in [0.5, 0.6) is 0 Å². The van der Waals surface area contributed by atoms with Crippen LogP contribution < -0.4 is 16.3 Å². The first kappa shape index (κ1) is 27.5. The fourth-order valence-electron chi connectivity index (χ4n) is 4.43. The molecular weight excluding hydrogens is 553 g/mol. The number of thiophene rings is 1. The number of allylic oxidation sites excluding steroid dienone is 3. The molecule has 1 amide bonds. The van der Waals surface area contributed by atoms with E-state index in [0.717, 1.165) is 27.0 Å². The van der Waals surface area contributed by atoms with E-state index >= 15 is 0 Å². The summed E-state index contributed by atoms with van der Waals surface area (Å²) in [5.41, 5.74) is -1.42. The van der Waals surface area contributed by atoms with Crippen molar-refractivity contribution in [3.63, 3.8) is 0 Å². The van der Waals surface area contributed by atoms with Gasteiger partial charge in [0.25, 0.3) is 11.5 Å². The Hall–Kier alpha value is -5.04. The van der Waals surface area contributed by atoms with E-state index in [1.54, 1.807) is 31.5 Å². The zero-order chi connectivity index (χ0) is 29.4. The second-order valence-corrected chi connectivity index (χ2v) is 9.99. The lowest BCUT2D eigenvalue weighted by atomic mass is 10.1. The van der Waals surface area contributed by atoms with E-state index in [4.69, 9.17) is 9.47 Å². The summed E-state index contributed by atoms with van der Waals surface area (Å²) in [6.07, 6.45) is 6.27. The van der Waals surface area contributed by atoms with Crippen molar-refractivity contribution < 1.29 is 23.5 Å². The van der Waals surface area contributed by atoms with Crippen LogP contribution in [0.4, 0.5) is 4.39 Å². The number of nitrogens with zero attached hydrogens (tertiary/aromatic N) is 5. The Morgan fingerprint density at radius 3 is 2.66 bits per heavy atom. The van der Waals surface area contributed by atoms with Gasteiger partial charge in [0.1, 0.15) is 15.6 Å². The SMILES string of the molecule is C=C/C=C1/OCO/C1=C(/C)C(=O)Cn1c(=O)n(N(C)C(=O)c2ccccc2F)c(=O)c2c(C)c(-n3cccn3)sc21. The summed E-state index contributed by atoms with van der Waals surface area (Å²) in [6.45, 7) is 6.26. The molecular formula is C28H24FN5O6S. The van der Waals surface area contributed by atoms with E-state index in [2.05, 4.69) is 11.7 Å². The zero-order valence-corrected chi connectivity index (χ0v) is 23.1. The summed E-state index contributed by atoms with van der Waals surface area (Å²) < 4.78 is 28.6. The minimum atomic E-state index is -0.959. The van der Waals surface area contributed by atoms with E-state index in [-0.39, 0.29) is 33.9 Å². The van der Waals surface area contributed by atoms with Crippen molar-refractivity contribution in [2.45, 2.75) is 20.4 Å². The van der Waals surface area contributed by atoms with E-state index in [0.29, 0.717) is 21.0 Å². The molecule has 210 valence electrons. The quantitative estimate of drug-likeness (QED) is 0.310. The maximum Gasteiger partial charge on any atom is 0.352 e. The molecule has 0 aliphatic carbocycles. The van der Waals surface area contributed by atoms with Gasteiger partial charge in [-0.1, -0.05) is 36.1 Å². The lowest BCUT2D eigenvalue weighted by molar-refractivity contribution is -0.116. The number of ether oxygens (including phenoxy) is 2. The monoisotopic (exact) mass is 577 g/mol. The van der Waals surface area contributed by atoms with Gasteiger partial charge in [0.2, 0.25) is 6.79 Å². The van der Waals surface area contributed by atoms with E-state index in [9.17, 15) is 23.6 Å². The first-order chi connectivity index (χ1) is 19.6. The molecule has 0 N–H and O–H groups in total. The number of aryl methyl sites for hydroxylation is 1. The highest BCUT2D eigenvalue weighted by atomic mass is 32.1. The molecule has 0 bridgehead atoms. The lowest BCUT2D eigenvalue weighted by Gasteiger charge is -2.21. The summed E-state index contributed by atoms with van der Waals surface area (Å²) in [5.74, 6) is -1.71. The highest BCUT2D eigenvalue weighted by Crippen LogP contribution is 2.31. The molecule has 1 aliphatic heterocycles. The topological polar surface area (TPSA) is 118 Å².